The lowest BCUT2D eigenvalue weighted by Gasteiger charge is -2.31. The van der Waals surface area contributed by atoms with Gasteiger partial charge in [0.2, 0.25) is 0 Å². The second-order valence-electron chi connectivity index (χ2n) is 4.71. The zero-order chi connectivity index (χ0) is 11.8. The van der Waals surface area contributed by atoms with Crippen LogP contribution in [0.25, 0.3) is 11.1 Å². The molecule has 1 aliphatic rings. The van der Waals surface area contributed by atoms with Crippen molar-refractivity contribution in [1.82, 2.24) is 9.88 Å². The van der Waals surface area contributed by atoms with Crippen molar-refractivity contribution in [3.63, 3.8) is 0 Å². The number of likely N-dealkylation sites (N-methyl/N-ethyl adjacent to an activating group) is 1. The fourth-order valence-corrected chi connectivity index (χ4v) is 2.21. The lowest BCUT2D eigenvalue weighted by Crippen LogP contribution is -2.44. The molecule has 90 valence electrons. The van der Waals surface area contributed by atoms with Crippen molar-refractivity contribution in [2.75, 3.05) is 38.1 Å². The highest BCUT2D eigenvalue weighted by molar-refractivity contribution is 5.78. The van der Waals surface area contributed by atoms with Crippen molar-refractivity contribution in [3.8, 4) is 0 Å². The van der Waals surface area contributed by atoms with E-state index in [4.69, 9.17) is 4.42 Å². The Kier molecular flexibility index (Phi) is 2.52. The molecule has 2 heterocycles. The number of aromatic nitrogens is 1. The minimum absolute atomic E-state index is 0.766. The molecule has 0 bridgehead atoms. The van der Waals surface area contributed by atoms with Gasteiger partial charge in [-0.15, -0.1) is 0 Å². The van der Waals surface area contributed by atoms with E-state index in [0.717, 1.165) is 43.3 Å². The second kappa shape index (κ2) is 4.04. The van der Waals surface area contributed by atoms with Crippen LogP contribution in [0.3, 0.4) is 0 Å². The Morgan fingerprint density at radius 3 is 2.65 bits per heavy atom. The van der Waals surface area contributed by atoms with Gasteiger partial charge in [-0.2, -0.15) is 4.98 Å². The van der Waals surface area contributed by atoms with Crippen molar-refractivity contribution in [1.29, 1.82) is 0 Å². The first kappa shape index (κ1) is 10.6. The number of hydrogen-bond acceptors (Lipinski definition) is 4. The Balaban J connectivity index is 1.93. The Bertz CT molecular complexity index is 526. The monoisotopic (exact) mass is 231 g/mol. The largest absolute Gasteiger partial charge is 0.423 e. The zero-order valence-electron chi connectivity index (χ0n) is 10.3. The van der Waals surface area contributed by atoms with Crippen LogP contribution in [0.5, 0.6) is 0 Å². The van der Waals surface area contributed by atoms with E-state index in [-0.39, 0.29) is 0 Å². The lowest BCUT2D eigenvalue weighted by atomic mass is 10.2. The van der Waals surface area contributed by atoms with Crippen molar-refractivity contribution in [3.05, 3.63) is 23.8 Å². The minimum Gasteiger partial charge on any atom is -0.423 e. The van der Waals surface area contributed by atoms with E-state index in [1.54, 1.807) is 0 Å². The molecule has 0 aliphatic carbocycles. The number of benzene rings is 1. The van der Waals surface area contributed by atoms with Crippen LogP contribution >= 0.6 is 0 Å². The Hall–Kier alpha value is -1.55. The molecule has 4 heteroatoms. The standard InChI is InChI=1S/C13H17N3O/c1-10-4-3-5-11-12(10)14-13(17-11)16-8-6-15(2)7-9-16/h3-5H,6-9H2,1-2H3. The van der Waals surface area contributed by atoms with E-state index in [2.05, 4.69) is 34.8 Å². The molecule has 0 unspecified atom stereocenters. The third kappa shape index (κ3) is 1.89. The maximum atomic E-state index is 5.82. The first-order valence-electron chi connectivity index (χ1n) is 6.04. The topological polar surface area (TPSA) is 32.5 Å². The summed E-state index contributed by atoms with van der Waals surface area (Å²) < 4.78 is 5.82. The highest BCUT2D eigenvalue weighted by Gasteiger charge is 2.19. The smallest absolute Gasteiger partial charge is 0.298 e. The van der Waals surface area contributed by atoms with Crippen molar-refractivity contribution < 1.29 is 4.42 Å². The molecule has 0 spiro atoms. The number of hydrogen-bond donors (Lipinski definition) is 0. The van der Waals surface area contributed by atoms with Gasteiger partial charge in [0, 0.05) is 26.2 Å². The van der Waals surface area contributed by atoms with Gasteiger partial charge in [0.1, 0.15) is 5.52 Å². The highest BCUT2D eigenvalue weighted by atomic mass is 16.4. The molecule has 0 saturated carbocycles. The van der Waals surface area contributed by atoms with Gasteiger partial charge in [-0.25, -0.2) is 0 Å². The maximum Gasteiger partial charge on any atom is 0.298 e. The number of para-hydroxylation sites is 1. The summed E-state index contributed by atoms with van der Waals surface area (Å²) in [5.74, 6) is 0. The summed E-state index contributed by atoms with van der Waals surface area (Å²) >= 11 is 0. The predicted octanol–water partition coefficient (Wildman–Crippen LogP) is 1.89. The van der Waals surface area contributed by atoms with Gasteiger partial charge in [0.05, 0.1) is 0 Å². The average molecular weight is 231 g/mol. The predicted molar refractivity (Wildman–Crippen MR) is 68.5 cm³/mol. The van der Waals surface area contributed by atoms with Crippen LogP contribution in [0.4, 0.5) is 6.01 Å². The van der Waals surface area contributed by atoms with Crippen LogP contribution < -0.4 is 4.90 Å². The van der Waals surface area contributed by atoms with Crippen molar-refractivity contribution in [2.45, 2.75) is 6.92 Å². The van der Waals surface area contributed by atoms with E-state index in [9.17, 15) is 0 Å². The number of anilines is 1. The number of aryl methyl sites for hydroxylation is 1. The lowest BCUT2D eigenvalue weighted by molar-refractivity contribution is 0.305. The molecular weight excluding hydrogens is 214 g/mol. The molecule has 0 N–H and O–H groups in total. The fraction of sp³-hybridized carbons (Fsp3) is 0.462. The van der Waals surface area contributed by atoms with E-state index in [1.165, 1.54) is 5.56 Å². The van der Waals surface area contributed by atoms with Crippen LogP contribution in [-0.4, -0.2) is 43.1 Å². The molecular formula is C13H17N3O. The van der Waals surface area contributed by atoms with Gasteiger partial charge in [-0.05, 0) is 25.6 Å². The van der Waals surface area contributed by atoms with Crippen LogP contribution in [0.2, 0.25) is 0 Å². The summed E-state index contributed by atoms with van der Waals surface area (Å²) in [6, 6.07) is 6.83. The third-order valence-corrected chi connectivity index (χ3v) is 3.38. The average Bonchev–Trinajstić information content (AvgIpc) is 2.75. The molecule has 2 aromatic rings. The Morgan fingerprint density at radius 2 is 1.94 bits per heavy atom. The normalized spacial score (nSPS) is 17.9. The Labute approximate surface area is 101 Å². The molecule has 1 aromatic heterocycles. The van der Waals surface area contributed by atoms with Crippen LogP contribution in [0.1, 0.15) is 5.56 Å². The molecule has 0 radical (unpaired) electrons. The number of rotatable bonds is 1. The molecule has 1 aliphatic heterocycles. The minimum atomic E-state index is 0.766. The molecule has 3 rings (SSSR count). The summed E-state index contributed by atoms with van der Waals surface area (Å²) in [4.78, 5) is 9.15. The molecule has 0 amide bonds. The quantitative estimate of drug-likeness (QED) is 0.750. The summed E-state index contributed by atoms with van der Waals surface area (Å²) in [6.45, 7) is 6.18. The van der Waals surface area contributed by atoms with Gasteiger partial charge in [-0.3, -0.25) is 0 Å². The first-order chi connectivity index (χ1) is 8.24. The summed E-state index contributed by atoms with van der Waals surface area (Å²) in [6.07, 6.45) is 0. The van der Waals surface area contributed by atoms with Gasteiger partial charge in [0.15, 0.2) is 5.58 Å². The van der Waals surface area contributed by atoms with E-state index in [1.807, 2.05) is 12.1 Å². The highest BCUT2D eigenvalue weighted by Crippen LogP contribution is 2.24. The van der Waals surface area contributed by atoms with E-state index >= 15 is 0 Å². The molecule has 1 aromatic carbocycles. The van der Waals surface area contributed by atoms with Crippen molar-refractivity contribution >= 4 is 17.1 Å². The number of oxazole rings is 1. The third-order valence-electron chi connectivity index (χ3n) is 3.38. The molecule has 1 fully saturated rings. The summed E-state index contributed by atoms with van der Waals surface area (Å²) in [5.41, 5.74) is 3.05. The summed E-state index contributed by atoms with van der Waals surface area (Å²) in [5, 5.41) is 0. The van der Waals surface area contributed by atoms with Gasteiger partial charge in [0.25, 0.3) is 6.01 Å². The number of fused-ring (bicyclic) bond motifs is 1. The van der Waals surface area contributed by atoms with Crippen molar-refractivity contribution in [2.24, 2.45) is 0 Å². The fourth-order valence-electron chi connectivity index (χ4n) is 2.21. The molecule has 1 saturated heterocycles. The van der Waals surface area contributed by atoms with Crippen LogP contribution in [0.15, 0.2) is 22.6 Å². The number of nitrogens with zero attached hydrogens (tertiary/aromatic N) is 3. The Morgan fingerprint density at radius 1 is 1.18 bits per heavy atom. The zero-order valence-corrected chi connectivity index (χ0v) is 10.3. The van der Waals surface area contributed by atoms with E-state index in [0.29, 0.717) is 0 Å². The van der Waals surface area contributed by atoms with Crippen LogP contribution in [0, 0.1) is 6.92 Å². The van der Waals surface area contributed by atoms with Gasteiger partial charge in [-0.1, -0.05) is 12.1 Å². The van der Waals surface area contributed by atoms with Gasteiger partial charge < -0.3 is 14.2 Å². The molecule has 0 atom stereocenters. The summed E-state index contributed by atoms with van der Waals surface area (Å²) in [7, 11) is 2.15. The SMILES string of the molecule is Cc1cccc2oc(N3CCN(C)CC3)nc12. The second-order valence-corrected chi connectivity index (χ2v) is 4.71. The van der Waals surface area contributed by atoms with Gasteiger partial charge >= 0.3 is 0 Å². The first-order valence-corrected chi connectivity index (χ1v) is 6.04. The van der Waals surface area contributed by atoms with E-state index < -0.39 is 0 Å². The molecule has 4 nitrogen and oxygen atoms in total. The van der Waals surface area contributed by atoms with Crippen LogP contribution in [-0.2, 0) is 0 Å². The number of piperazine rings is 1. The maximum absolute atomic E-state index is 5.82. The molecule has 17 heavy (non-hydrogen) atoms.